The highest BCUT2D eigenvalue weighted by Crippen LogP contribution is 2.22. The van der Waals surface area contributed by atoms with Gasteiger partial charge in [0.2, 0.25) is 0 Å². The second-order valence-electron chi connectivity index (χ2n) is 3.64. The molecule has 0 aromatic carbocycles. The number of hydrogen-bond acceptors (Lipinski definition) is 3. The van der Waals surface area contributed by atoms with Crippen molar-refractivity contribution >= 4 is 5.57 Å². The maximum Gasteiger partial charge on any atom is 0.158 e. The number of aromatic nitrogens is 3. The zero-order valence-corrected chi connectivity index (χ0v) is 8.32. The summed E-state index contributed by atoms with van der Waals surface area (Å²) in [7, 11) is 0. The van der Waals surface area contributed by atoms with Gasteiger partial charge >= 0.3 is 0 Å². The number of rotatable bonds is 1. The van der Waals surface area contributed by atoms with Crippen molar-refractivity contribution in [2.24, 2.45) is 0 Å². The number of nitrogens with zero attached hydrogens (tertiary/aromatic N) is 3. The van der Waals surface area contributed by atoms with E-state index in [9.17, 15) is 0 Å². The first-order valence-corrected chi connectivity index (χ1v) is 5.28. The summed E-state index contributed by atoms with van der Waals surface area (Å²) >= 11 is 0. The van der Waals surface area contributed by atoms with Gasteiger partial charge in [-0.15, -0.1) is 0 Å². The molecule has 0 saturated carbocycles. The van der Waals surface area contributed by atoms with Crippen LogP contribution in [0.15, 0.2) is 18.7 Å². The van der Waals surface area contributed by atoms with Gasteiger partial charge in [0.1, 0.15) is 12.7 Å². The van der Waals surface area contributed by atoms with Crippen molar-refractivity contribution in [3.05, 3.63) is 24.6 Å². The third kappa shape index (κ3) is 2.37. The first kappa shape index (κ1) is 9.31. The van der Waals surface area contributed by atoms with Gasteiger partial charge in [0.25, 0.3) is 0 Å². The molecule has 1 heterocycles. The van der Waals surface area contributed by atoms with Gasteiger partial charge in [0.05, 0.1) is 0 Å². The predicted octanol–water partition coefficient (Wildman–Crippen LogP) is 2.61. The molecule has 0 saturated heterocycles. The van der Waals surface area contributed by atoms with E-state index in [-0.39, 0.29) is 0 Å². The third-order valence-electron chi connectivity index (χ3n) is 2.57. The first-order chi connectivity index (χ1) is 6.97. The second-order valence-corrected chi connectivity index (χ2v) is 3.64. The lowest BCUT2D eigenvalue weighted by molar-refractivity contribution is 0.641. The summed E-state index contributed by atoms with van der Waals surface area (Å²) in [5.41, 5.74) is 1.30. The Labute approximate surface area is 84.3 Å². The lowest BCUT2D eigenvalue weighted by Gasteiger charge is -2.09. The van der Waals surface area contributed by atoms with E-state index in [0.29, 0.717) is 0 Å². The monoisotopic (exact) mass is 189 g/mol. The lowest BCUT2D eigenvalue weighted by Crippen LogP contribution is -1.96. The molecule has 0 atom stereocenters. The summed E-state index contributed by atoms with van der Waals surface area (Å²) in [5, 5.41) is 0. The molecule has 0 bridgehead atoms. The van der Waals surface area contributed by atoms with E-state index in [1.54, 1.807) is 12.7 Å². The van der Waals surface area contributed by atoms with Crippen LogP contribution in [0.25, 0.3) is 5.57 Å². The smallest absolute Gasteiger partial charge is 0.158 e. The molecule has 0 fully saturated rings. The first-order valence-electron chi connectivity index (χ1n) is 5.28. The minimum absolute atomic E-state index is 0.863. The molecule has 1 aromatic heterocycles. The highest BCUT2D eigenvalue weighted by Gasteiger charge is 2.06. The van der Waals surface area contributed by atoms with Crippen LogP contribution < -0.4 is 0 Å². The van der Waals surface area contributed by atoms with E-state index in [1.807, 2.05) is 0 Å². The van der Waals surface area contributed by atoms with Crippen molar-refractivity contribution < 1.29 is 0 Å². The number of hydrogen-bond donors (Lipinski definition) is 0. The van der Waals surface area contributed by atoms with Crippen molar-refractivity contribution in [2.45, 2.75) is 38.5 Å². The molecule has 3 nitrogen and oxygen atoms in total. The number of allylic oxidation sites excluding steroid dienone is 2. The largest absolute Gasteiger partial charge is 0.225 e. The molecule has 1 aliphatic carbocycles. The van der Waals surface area contributed by atoms with E-state index in [1.165, 1.54) is 37.7 Å². The Kier molecular flexibility index (Phi) is 3.22. The van der Waals surface area contributed by atoms with Crippen LogP contribution >= 0.6 is 0 Å². The van der Waals surface area contributed by atoms with Gasteiger partial charge in [-0.2, -0.15) is 0 Å². The fraction of sp³-hybridized carbons (Fsp3) is 0.545. The molecule has 1 aromatic rings. The van der Waals surface area contributed by atoms with Gasteiger partial charge in [0, 0.05) is 0 Å². The van der Waals surface area contributed by atoms with Crippen LogP contribution in [0.4, 0.5) is 0 Å². The summed E-state index contributed by atoms with van der Waals surface area (Å²) in [6.45, 7) is 0. The Balaban J connectivity index is 2.15. The molecule has 1 aliphatic rings. The highest BCUT2D eigenvalue weighted by molar-refractivity contribution is 5.59. The molecule has 3 heteroatoms. The van der Waals surface area contributed by atoms with E-state index < -0.39 is 0 Å². The molecular formula is C11H15N3. The molecule has 2 rings (SSSR count). The van der Waals surface area contributed by atoms with Crippen LogP contribution in [0.2, 0.25) is 0 Å². The Morgan fingerprint density at radius 3 is 2.57 bits per heavy atom. The normalized spacial score (nSPS) is 18.1. The summed E-state index contributed by atoms with van der Waals surface area (Å²) in [5.74, 6) is 0.863. The van der Waals surface area contributed by atoms with Crippen LogP contribution in [0.1, 0.15) is 44.3 Å². The van der Waals surface area contributed by atoms with Gasteiger partial charge in [-0.3, -0.25) is 0 Å². The Morgan fingerprint density at radius 1 is 0.929 bits per heavy atom. The lowest BCUT2D eigenvalue weighted by atomic mass is 10.00. The highest BCUT2D eigenvalue weighted by atomic mass is 15.0. The average molecular weight is 189 g/mol. The van der Waals surface area contributed by atoms with Crippen LogP contribution in [-0.4, -0.2) is 15.0 Å². The molecule has 0 aliphatic heterocycles. The SMILES string of the molecule is C1=C(c2ncncn2)CCCCCC1. The minimum Gasteiger partial charge on any atom is -0.225 e. The van der Waals surface area contributed by atoms with Crippen molar-refractivity contribution in [1.29, 1.82) is 0 Å². The molecule has 0 amide bonds. The third-order valence-corrected chi connectivity index (χ3v) is 2.57. The van der Waals surface area contributed by atoms with Crippen molar-refractivity contribution in [1.82, 2.24) is 15.0 Å². The van der Waals surface area contributed by atoms with Crippen LogP contribution in [-0.2, 0) is 0 Å². The summed E-state index contributed by atoms with van der Waals surface area (Å²) < 4.78 is 0. The fourth-order valence-electron chi connectivity index (χ4n) is 1.80. The summed E-state index contributed by atoms with van der Waals surface area (Å²) in [6.07, 6.45) is 13.0. The van der Waals surface area contributed by atoms with Crippen LogP contribution in [0.5, 0.6) is 0 Å². The molecule has 14 heavy (non-hydrogen) atoms. The van der Waals surface area contributed by atoms with Gasteiger partial charge in [-0.05, 0) is 31.3 Å². The van der Waals surface area contributed by atoms with Crippen LogP contribution in [0, 0.1) is 0 Å². The Bertz CT molecular complexity index is 306. The minimum atomic E-state index is 0.863. The molecule has 74 valence electrons. The zero-order chi connectivity index (χ0) is 9.64. The molecule has 0 spiro atoms. The maximum atomic E-state index is 4.18. The summed E-state index contributed by atoms with van der Waals surface area (Å²) in [4.78, 5) is 12.2. The van der Waals surface area contributed by atoms with E-state index in [4.69, 9.17) is 0 Å². The van der Waals surface area contributed by atoms with Crippen molar-refractivity contribution in [3.63, 3.8) is 0 Å². The fourth-order valence-corrected chi connectivity index (χ4v) is 1.80. The topological polar surface area (TPSA) is 38.7 Å². The van der Waals surface area contributed by atoms with Crippen molar-refractivity contribution in [3.8, 4) is 0 Å². The van der Waals surface area contributed by atoms with E-state index >= 15 is 0 Å². The molecule has 0 radical (unpaired) electrons. The van der Waals surface area contributed by atoms with Gasteiger partial charge < -0.3 is 0 Å². The van der Waals surface area contributed by atoms with Gasteiger partial charge in [-0.1, -0.05) is 18.9 Å². The summed E-state index contributed by atoms with van der Waals surface area (Å²) in [6, 6.07) is 0. The standard InChI is InChI=1S/C11H15N3/c1-2-4-6-10(7-5-3-1)11-13-8-12-9-14-11/h6,8-9H,1-5,7H2. The Morgan fingerprint density at radius 2 is 1.71 bits per heavy atom. The van der Waals surface area contributed by atoms with Crippen molar-refractivity contribution in [2.75, 3.05) is 0 Å². The maximum absolute atomic E-state index is 4.18. The van der Waals surface area contributed by atoms with E-state index in [0.717, 1.165) is 12.2 Å². The molecular weight excluding hydrogens is 174 g/mol. The predicted molar refractivity (Wildman–Crippen MR) is 55.5 cm³/mol. The average Bonchev–Trinajstić information content (AvgIpc) is 2.18. The van der Waals surface area contributed by atoms with Gasteiger partial charge in [0.15, 0.2) is 5.82 Å². The van der Waals surface area contributed by atoms with Crippen LogP contribution in [0.3, 0.4) is 0 Å². The molecule has 0 unspecified atom stereocenters. The van der Waals surface area contributed by atoms with Gasteiger partial charge in [-0.25, -0.2) is 15.0 Å². The molecule has 0 N–H and O–H groups in total. The van der Waals surface area contributed by atoms with E-state index in [2.05, 4.69) is 21.0 Å². The Hall–Kier alpha value is -1.25. The zero-order valence-electron chi connectivity index (χ0n) is 8.32. The second kappa shape index (κ2) is 4.84. The quantitative estimate of drug-likeness (QED) is 0.681.